The molecule has 0 atom stereocenters. The van der Waals surface area contributed by atoms with Crippen LogP contribution in [0, 0.1) is 6.92 Å². The van der Waals surface area contributed by atoms with Crippen LogP contribution in [-0.2, 0) is 6.54 Å². The molecule has 3 aromatic heterocycles. The molecule has 1 N–H and O–H groups in total. The maximum atomic E-state index is 13.1. The van der Waals surface area contributed by atoms with Crippen LogP contribution in [0.2, 0.25) is 0 Å². The van der Waals surface area contributed by atoms with Crippen molar-refractivity contribution in [3.05, 3.63) is 102 Å². The Morgan fingerprint density at radius 1 is 0.914 bits per heavy atom. The maximum absolute atomic E-state index is 13.1. The molecule has 174 valence electrons. The van der Waals surface area contributed by atoms with Crippen molar-refractivity contribution in [1.82, 2.24) is 14.8 Å². The third kappa shape index (κ3) is 4.81. The van der Waals surface area contributed by atoms with Crippen molar-refractivity contribution in [2.45, 2.75) is 20.4 Å². The van der Waals surface area contributed by atoms with Gasteiger partial charge in [-0.3, -0.25) is 14.3 Å². The number of hydrogen-bond acceptors (Lipinski definition) is 6. The third-order valence-electron chi connectivity index (χ3n) is 5.39. The summed E-state index contributed by atoms with van der Waals surface area (Å²) in [6, 6.07) is 22.8. The lowest BCUT2D eigenvalue weighted by Gasteiger charge is -2.05. The Balaban J connectivity index is 1.35. The van der Waals surface area contributed by atoms with Crippen LogP contribution in [0.3, 0.4) is 0 Å². The first-order valence-electron chi connectivity index (χ1n) is 11.0. The van der Waals surface area contributed by atoms with Gasteiger partial charge in [-0.15, -0.1) is 0 Å². The number of carbonyl (C=O) groups is 2. The minimum Gasteiger partial charge on any atom is -0.456 e. The maximum Gasteiger partial charge on any atom is 0.279 e. The normalized spacial score (nSPS) is 10.9. The van der Waals surface area contributed by atoms with Gasteiger partial charge >= 0.3 is 0 Å². The number of anilines is 1. The summed E-state index contributed by atoms with van der Waals surface area (Å²) in [5.74, 6) is 1.46. The van der Waals surface area contributed by atoms with Gasteiger partial charge in [-0.2, -0.15) is 5.10 Å². The summed E-state index contributed by atoms with van der Waals surface area (Å²) in [4.78, 5) is 28.8. The molecule has 0 saturated heterocycles. The van der Waals surface area contributed by atoms with E-state index in [1.165, 1.54) is 6.92 Å². The molecule has 1 amide bonds. The number of amides is 1. The molecule has 0 bridgehead atoms. The van der Waals surface area contributed by atoms with Crippen LogP contribution in [0.15, 0.2) is 87.8 Å². The molecule has 35 heavy (non-hydrogen) atoms. The number of hydrogen-bond donors (Lipinski definition) is 1. The minimum atomic E-state index is -0.427. The lowest BCUT2D eigenvalue weighted by molar-refractivity contribution is 0.0983. The van der Waals surface area contributed by atoms with Gasteiger partial charge < -0.3 is 14.2 Å². The van der Waals surface area contributed by atoms with E-state index >= 15 is 0 Å². The molecular weight excluding hydrogens is 444 g/mol. The SMILES string of the molecule is CC(=O)c1ccc(Cn2ccc(NC(=O)c3nc(C)oc3-c3cccc(-c4ccccc4)c3)n2)o1. The smallest absolute Gasteiger partial charge is 0.279 e. The Kier molecular flexibility index (Phi) is 5.85. The van der Waals surface area contributed by atoms with Gasteiger partial charge in [0, 0.05) is 31.7 Å². The van der Waals surface area contributed by atoms with Crippen LogP contribution in [-0.4, -0.2) is 26.5 Å². The van der Waals surface area contributed by atoms with Crippen molar-refractivity contribution in [3.8, 4) is 22.5 Å². The van der Waals surface area contributed by atoms with Crippen LogP contribution in [0.5, 0.6) is 0 Å². The molecule has 2 aromatic carbocycles. The van der Waals surface area contributed by atoms with Crippen molar-refractivity contribution in [1.29, 1.82) is 0 Å². The number of Topliss-reactive ketones (excluding diaryl/α,β-unsaturated/α-hetero) is 1. The largest absolute Gasteiger partial charge is 0.456 e. The van der Waals surface area contributed by atoms with Gasteiger partial charge in [-0.1, -0.05) is 48.5 Å². The number of benzene rings is 2. The van der Waals surface area contributed by atoms with Gasteiger partial charge in [0.15, 0.2) is 34.7 Å². The number of carbonyl (C=O) groups excluding carboxylic acids is 2. The van der Waals surface area contributed by atoms with E-state index < -0.39 is 5.91 Å². The summed E-state index contributed by atoms with van der Waals surface area (Å²) in [7, 11) is 0. The molecule has 0 aliphatic heterocycles. The summed E-state index contributed by atoms with van der Waals surface area (Å²) in [5.41, 5.74) is 3.00. The van der Waals surface area contributed by atoms with Crippen molar-refractivity contribution >= 4 is 17.5 Å². The molecule has 0 spiro atoms. The third-order valence-corrected chi connectivity index (χ3v) is 5.39. The van der Waals surface area contributed by atoms with Crippen molar-refractivity contribution in [3.63, 3.8) is 0 Å². The van der Waals surface area contributed by atoms with Crippen LogP contribution in [0.4, 0.5) is 5.82 Å². The number of furan rings is 1. The molecule has 0 radical (unpaired) electrons. The average molecular weight is 466 g/mol. The summed E-state index contributed by atoms with van der Waals surface area (Å²) < 4.78 is 12.9. The van der Waals surface area contributed by atoms with Gasteiger partial charge in [-0.25, -0.2) is 4.98 Å². The molecule has 8 nitrogen and oxygen atoms in total. The van der Waals surface area contributed by atoms with Crippen LogP contribution in [0.25, 0.3) is 22.5 Å². The number of rotatable bonds is 7. The average Bonchev–Trinajstić information content (AvgIpc) is 3.60. The summed E-state index contributed by atoms with van der Waals surface area (Å²) in [5, 5.41) is 7.15. The Bertz CT molecular complexity index is 1510. The number of nitrogens with zero attached hydrogens (tertiary/aromatic N) is 3. The summed E-state index contributed by atoms with van der Waals surface area (Å²) >= 11 is 0. The fraction of sp³-hybridized carbons (Fsp3) is 0.111. The number of ketones is 1. The first-order chi connectivity index (χ1) is 17.0. The van der Waals surface area contributed by atoms with E-state index in [2.05, 4.69) is 15.4 Å². The number of aryl methyl sites for hydroxylation is 1. The number of aromatic nitrogens is 3. The van der Waals surface area contributed by atoms with E-state index in [1.807, 2.05) is 54.6 Å². The quantitative estimate of drug-likeness (QED) is 0.313. The van der Waals surface area contributed by atoms with Crippen molar-refractivity contribution in [2.75, 3.05) is 5.32 Å². The Morgan fingerprint density at radius 2 is 1.69 bits per heavy atom. The molecular formula is C27H22N4O4. The summed E-state index contributed by atoms with van der Waals surface area (Å²) in [6.45, 7) is 3.47. The van der Waals surface area contributed by atoms with Crippen molar-refractivity contribution in [2.24, 2.45) is 0 Å². The van der Waals surface area contributed by atoms with Crippen LogP contribution < -0.4 is 5.32 Å². The fourth-order valence-corrected chi connectivity index (χ4v) is 3.75. The highest BCUT2D eigenvalue weighted by Gasteiger charge is 2.21. The zero-order valence-electron chi connectivity index (χ0n) is 19.2. The van der Waals surface area contributed by atoms with E-state index in [4.69, 9.17) is 8.83 Å². The predicted octanol–water partition coefficient (Wildman–Crippen LogP) is 5.61. The van der Waals surface area contributed by atoms with Gasteiger partial charge in [0.05, 0.1) is 6.54 Å². The van der Waals surface area contributed by atoms with E-state index in [0.717, 1.165) is 16.7 Å². The Labute approximate surface area is 201 Å². The van der Waals surface area contributed by atoms with Gasteiger partial charge in [0.2, 0.25) is 0 Å². The lowest BCUT2D eigenvalue weighted by atomic mass is 10.0. The second-order valence-electron chi connectivity index (χ2n) is 8.03. The number of oxazole rings is 1. The standard InChI is InChI=1S/C27H22N4O4/c1-17(32)23-12-11-22(35-23)16-31-14-13-24(30-31)29-27(33)25-26(34-18(2)28-25)21-10-6-9-20(15-21)19-7-4-3-5-8-19/h3-15H,16H2,1-2H3,(H,29,30,33). The monoisotopic (exact) mass is 466 g/mol. The highest BCUT2D eigenvalue weighted by molar-refractivity contribution is 6.06. The topological polar surface area (TPSA) is 103 Å². The summed E-state index contributed by atoms with van der Waals surface area (Å²) in [6.07, 6.45) is 1.71. The first-order valence-corrected chi connectivity index (χ1v) is 11.0. The predicted molar refractivity (Wildman–Crippen MR) is 130 cm³/mol. The molecule has 0 saturated carbocycles. The van der Waals surface area contributed by atoms with E-state index in [-0.39, 0.29) is 11.5 Å². The van der Waals surface area contributed by atoms with Crippen molar-refractivity contribution < 1.29 is 18.4 Å². The van der Waals surface area contributed by atoms with E-state index in [9.17, 15) is 9.59 Å². The zero-order valence-corrected chi connectivity index (χ0v) is 19.2. The molecule has 0 unspecified atom stereocenters. The zero-order chi connectivity index (χ0) is 24.4. The fourth-order valence-electron chi connectivity index (χ4n) is 3.75. The minimum absolute atomic E-state index is 0.141. The van der Waals surface area contributed by atoms with Gasteiger partial charge in [-0.05, 0) is 29.3 Å². The molecule has 8 heteroatoms. The molecule has 5 rings (SSSR count). The molecule has 0 aliphatic rings. The highest BCUT2D eigenvalue weighted by Crippen LogP contribution is 2.29. The van der Waals surface area contributed by atoms with Crippen LogP contribution in [0.1, 0.15) is 39.6 Å². The molecule has 0 fully saturated rings. The van der Waals surface area contributed by atoms with Gasteiger partial charge in [0.25, 0.3) is 5.91 Å². The Morgan fingerprint density at radius 3 is 2.46 bits per heavy atom. The Hall–Kier alpha value is -4.72. The van der Waals surface area contributed by atoms with Gasteiger partial charge in [0.1, 0.15) is 5.76 Å². The second-order valence-corrected chi connectivity index (χ2v) is 8.03. The molecule has 0 aliphatic carbocycles. The van der Waals surface area contributed by atoms with E-state index in [0.29, 0.717) is 35.5 Å². The second kappa shape index (κ2) is 9.26. The lowest BCUT2D eigenvalue weighted by Crippen LogP contribution is -2.14. The molecule has 3 heterocycles. The van der Waals surface area contributed by atoms with E-state index in [1.54, 1.807) is 36.0 Å². The first kappa shape index (κ1) is 22.1. The highest BCUT2D eigenvalue weighted by atomic mass is 16.4. The van der Waals surface area contributed by atoms with Crippen LogP contribution >= 0.6 is 0 Å². The molecule has 5 aromatic rings. The number of nitrogens with one attached hydrogen (secondary N) is 1.